The van der Waals surface area contributed by atoms with Gasteiger partial charge in [-0.3, -0.25) is 0 Å². The van der Waals surface area contributed by atoms with Crippen LogP contribution in [0.4, 0.5) is 0 Å². The lowest BCUT2D eigenvalue weighted by Crippen LogP contribution is -3.14. The van der Waals surface area contributed by atoms with E-state index in [9.17, 15) is 0 Å². The number of fused-ring (bicyclic) bond motifs is 1. The normalized spacial score (nSPS) is 16.5. The second kappa shape index (κ2) is 9.16. The van der Waals surface area contributed by atoms with E-state index in [0.717, 1.165) is 55.0 Å². The molecule has 2 aliphatic heterocycles. The molecule has 0 spiro atoms. The number of aryl methyl sites for hydroxylation is 1. The quantitative estimate of drug-likeness (QED) is 0.461. The molecule has 180 valence electrons. The maximum Gasteiger partial charge on any atom is 0.231 e. The monoisotopic (exact) mass is 473 g/mol. The van der Waals surface area contributed by atoms with Crippen molar-refractivity contribution in [3.63, 3.8) is 0 Å². The third-order valence-electron chi connectivity index (χ3n) is 6.93. The second-order valence-electron chi connectivity index (χ2n) is 9.08. The van der Waals surface area contributed by atoms with Gasteiger partial charge in [-0.1, -0.05) is 30.3 Å². The van der Waals surface area contributed by atoms with Crippen LogP contribution in [0, 0.1) is 13.8 Å². The van der Waals surface area contributed by atoms with E-state index in [-0.39, 0.29) is 12.8 Å². The first-order valence-electron chi connectivity index (χ1n) is 12.0. The van der Waals surface area contributed by atoms with Gasteiger partial charge in [-0.05, 0) is 48.0 Å². The molecule has 4 heterocycles. The standard InChI is InChI=1S/C26H28N6O3/c1-18-14-22(19(2)32(18)21-8-9-23-24(15-21)35-17-34-23)25(30-10-12-33-13-11-30)26-27-28-29-31(26)16-20-6-4-3-5-7-20/h3-9,14-15,25H,10-13,16-17H2,1-2H3/p+1/t25-/m1/s1. The van der Waals surface area contributed by atoms with Gasteiger partial charge in [-0.25, -0.2) is 4.68 Å². The molecular formula is C26H29N6O3+. The third kappa shape index (κ3) is 4.06. The zero-order valence-corrected chi connectivity index (χ0v) is 20.0. The van der Waals surface area contributed by atoms with Crippen molar-refractivity contribution in [1.29, 1.82) is 0 Å². The number of rotatable bonds is 6. The lowest BCUT2D eigenvalue weighted by Gasteiger charge is -2.31. The first-order chi connectivity index (χ1) is 17.2. The smallest absolute Gasteiger partial charge is 0.231 e. The molecule has 1 saturated heterocycles. The van der Waals surface area contributed by atoms with Crippen LogP contribution in [0.15, 0.2) is 54.6 Å². The fourth-order valence-electron chi connectivity index (χ4n) is 5.25. The van der Waals surface area contributed by atoms with Crippen molar-refractivity contribution < 1.29 is 19.1 Å². The van der Waals surface area contributed by atoms with E-state index < -0.39 is 0 Å². The fraction of sp³-hybridized carbons (Fsp3) is 0.346. The molecule has 2 aromatic carbocycles. The molecule has 0 saturated carbocycles. The van der Waals surface area contributed by atoms with Crippen LogP contribution in [0.1, 0.15) is 34.4 Å². The molecule has 1 N–H and O–H groups in total. The predicted octanol–water partition coefficient (Wildman–Crippen LogP) is 1.86. The molecule has 1 atom stereocenters. The van der Waals surface area contributed by atoms with Crippen molar-refractivity contribution in [2.75, 3.05) is 33.1 Å². The summed E-state index contributed by atoms with van der Waals surface area (Å²) in [5.41, 5.74) is 5.76. The third-order valence-corrected chi connectivity index (χ3v) is 6.93. The van der Waals surface area contributed by atoms with Crippen molar-refractivity contribution in [2.45, 2.75) is 26.4 Å². The lowest BCUT2D eigenvalue weighted by atomic mass is 10.0. The lowest BCUT2D eigenvalue weighted by molar-refractivity contribution is -0.933. The molecule has 6 rings (SSSR count). The number of hydrogen-bond donors (Lipinski definition) is 1. The number of aromatic nitrogens is 5. The molecule has 0 radical (unpaired) electrons. The number of nitrogens with one attached hydrogen (secondary N) is 1. The Morgan fingerprint density at radius 2 is 1.77 bits per heavy atom. The Balaban J connectivity index is 1.43. The summed E-state index contributed by atoms with van der Waals surface area (Å²) in [6, 6.07) is 18.7. The van der Waals surface area contributed by atoms with Crippen LogP contribution in [-0.4, -0.2) is 57.9 Å². The molecule has 0 unspecified atom stereocenters. The highest BCUT2D eigenvalue weighted by molar-refractivity contribution is 5.52. The average Bonchev–Trinajstić information content (AvgIpc) is 3.60. The van der Waals surface area contributed by atoms with E-state index in [1.54, 1.807) is 0 Å². The van der Waals surface area contributed by atoms with Gasteiger partial charge < -0.3 is 23.7 Å². The van der Waals surface area contributed by atoms with E-state index in [4.69, 9.17) is 14.2 Å². The second-order valence-corrected chi connectivity index (χ2v) is 9.08. The maximum absolute atomic E-state index is 5.69. The number of morpholine rings is 1. The number of benzene rings is 2. The number of hydrogen-bond acceptors (Lipinski definition) is 6. The zero-order valence-electron chi connectivity index (χ0n) is 20.0. The van der Waals surface area contributed by atoms with E-state index in [0.29, 0.717) is 6.54 Å². The summed E-state index contributed by atoms with van der Waals surface area (Å²) in [4.78, 5) is 1.41. The first kappa shape index (κ1) is 21.8. The van der Waals surface area contributed by atoms with Gasteiger partial charge in [-0.15, -0.1) is 5.10 Å². The van der Waals surface area contributed by atoms with Gasteiger partial charge in [0, 0.05) is 28.7 Å². The topological polar surface area (TPSA) is 80.7 Å². The van der Waals surface area contributed by atoms with E-state index in [1.807, 2.05) is 35.0 Å². The molecule has 0 amide bonds. The summed E-state index contributed by atoms with van der Waals surface area (Å²) < 4.78 is 21.1. The van der Waals surface area contributed by atoms with E-state index >= 15 is 0 Å². The van der Waals surface area contributed by atoms with Crippen LogP contribution < -0.4 is 14.4 Å². The van der Waals surface area contributed by atoms with Gasteiger partial charge in [0.1, 0.15) is 13.1 Å². The van der Waals surface area contributed by atoms with Crippen molar-refractivity contribution in [3.05, 3.63) is 82.9 Å². The summed E-state index contributed by atoms with van der Waals surface area (Å²) in [6.07, 6.45) is 0. The highest BCUT2D eigenvalue weighted by Gasteiger charge is 2.35. The predicted molar refractivity (Wildman–Crippen MR) is 128 cm³/mol. The summed E-state index contributed by atoms with van der Waals surface area (Å²) in [7, 11) is 0. The molecule has 0 bridgehead atoms. The zero-order chi connectivity index (χ0) is 23.8. The Labute approximate surface area is 203 Å². The summed E-state index contributed by atoms with van der Waals surface area (Å²) in [6.45, 7) is 8.46. The molecule has 1 fully saturated rings. The Hall–Kier alpha value is -3.69. The number of nitrogens with zero attached hydrogens (tertiary/aromatic N) is 5. The minimum Gasteiger partial charge on any atom is -0.454 e. The largest absolute Gasteiger partial charge is 0.454 e. The average molecular weight is 474 g/mol. The van der Waals surface area contributed by atoms with Crippen molar-refractivity contribution in [1.82, 2.24) is 24.8 Å². The summed E-state index contributed by atoms with van der Waals surface area (Å²) >= 11 is 0. The molecule has 0 aliphatic carbocycles. The Kier molecular flexibility index (Phi) is 5.71. The maximum atomic E-state index is 5.69. The van der Waals surface area contributed by atoms with Crippen LogP contribution >= 0.6 is 0 Å². The summed E-state index contributed by atoms with van der Waals surface area (Å²) in [5.74, 6) is 2.43. The van der Waals surface area contributed by atoms with Crippen LogP contribution in [0.2, 0.25) is 0 Å². The Morgan fingerprint density at radius 1 is 0.971 bits per heavy atom. The Bertz CT molecular complexity index is 1330. The molecule has 9 heteroatoms. The SMILES string of the molecule is Cc1cc([C@H](c2nnnn2Cc2ccccc2)[NH+]2CCOCC2)c(C)n1-c1ccc2c(c1)OCO2. The highest BCUT2D eigenvalue weighted by Crippen LogP contribution is 2.35. The molecule has 4 aromatic rings. The van der Waals surface area contributed by atoms with Gasteiger partial charge in [-0.2, -0.15) is 0 Å². The molecule has 2 aromatic heterocycles. The van der Waals surface area contributed by atoms with Crippen molar-refractivity contribution in [3.8, 4) is 17.2 Å². The van der Waals surface area contributed by atoms with Gasteiger partial charge in [0.2, 0.25) is 12.6 Å². The van der Waals surface area contributed by atoms with Crippen LogP contribution in [0.25, 0.3) is 5.69 Å². The van der Waals surface area contributed by atoms with Gasteiger partial charge in [0.15, 0.2) is 17.5 Å². The van der Waals surface area contributed by atoms with Crippen LogP contribution in [0.5, 0.6) is 11.5 Å². The summed E-state index contributed by atoms with van der Waals surface area (Å²) in [5, 5.41) is 13.0. The minimum atomic E-state index is -0.00780. The van der Waals surface area contributed by atoms with Crippen LogP contribution in [0.3, 0.4) is 0 Å². The highest BCUT2D eigenvalue weighted by atomic mass is 16.7. The van der Waals surface area contributed by atoms with Crippen molar-refractivity contribution in [2.24, 2.45) is 0 Å². The fourth-order valence-corrected chi connectivity index (χ4v) is 5.25. The molecule has 35 heavy (non-hydrogen) atoms. The molecular weight excluding hydrogens is 444 g/mol. The molecule has 2 aliphatic rings. The molecule has 9 nitrogen and oxygen atoms in total. The van der Waals surface area contributed by atoms with Crippen molar-refractivity contribution >= 4 is 0 Å². The number of ether oxygens (including phenoxy) is 3. The Morgan fingerprint density at radius 3 is 2.60 bits per heavy atom. The minimum absolute atomic E-state index is 0.00780. The number of tetrazole rings is 1. The van der Waals surface area contributed by atoms with Gasteiger partial charge in [0.25, 0.3) is 0 Å². The van der Waals surface area contributed by atoms with Gasteiger partial charge in [0.05, 0.1) is 19.8 Å². The van der Waals surface area contributed by atoms with E-state index in [2.05, 4.69) is 58.2 Å². The van der Waals surface area contributed by atoms with Gasteiger partial charge >= 0.3 is 0 Å². The first-order valence-corrected chi connectivity index (χ1v) is 12.0. The van der Waals surface area contributed by atoms with E-state index in [1.165, 1.54) is 21.7 Å². The van der Waals surface area contributed by atoms with Crippen LogP contribution in [-0.2, 0) is 11.3 Å². The number of quaternary nitrogens is 1.